The summed E-state index contributed by atoms with van der Waals surface area (Å²) in [6.07, 6.45) is -0.209. The molecule has 0 radical (unpaired) electrons. The van der Waals surface area contributed by atoms with Crippen LogP contribution >= 0.6 is 0 Å². The highest BCUT2D eigenvalue weighted by atomic mass is 32.2. The topological polar surface area (TPSA) is 74.6 Å². The second-order valence-corrected chi connectivity index (χ2v) is 8.23. The van der Waals surface area contributed by atoms with Crippen molar-refractivity contribution in [3.63, 3.8) is 0 Å². The van der Waals surface area contributed by atoms with E-state index in [-0.39, 0.29) is 11.3 Å². The van der Waals surface area contributed by atoms with Gasteiger partial charge in [-0.1, -0.05) is 84.9 Å². The van der Waals surface area contributed by atoms with Crippen molar-refractivity contribution >= 4 is 9.84 Å². The Hall–Kier alpha value is -2.73. The third-order valence-corrected chi connectivity index (χ3v) is 5.99. The third kappa shape index (κ3) is 4.75. The lowest BCUT2D eigenvalue weighted by atomic mass is 10.0. The Balaban J connectivity index is 1.82. The first-order chi connectivity index (χ1) is 13.5. The Morgan fingerprint density at radius 1 is 0.750 bits per heavy atom. The minimum Gasteiger partial charge on any atom is -0.388 e. The Labute approximate surface area is 165 Å². The predicted octanol–water partition coefficient (Wildman–Crippen LogP) is 4.18. The molecule has 0 heterocycles. The number of benzene rings is 3. The fraction of sp³-hybridized carbons (Fsp3) is 0.130. The average molecular weight is 394 g/mol. The molecule has 2 unspecified atom stereocenters. The molecule has 144 valence electrons. The van der Waals surface area contributed by atoms with Crippen LogP contribution in [-0.2, 0) is 9.84 Å². The highest BCUT2D eigenvalue weighted by molar-refractivity contribution is 7.94. The van der Waals surface area contributed by atoms with Crippen molar-refractivity contribution < 1.29 is 18.6 Å². The van der Waals surface area contributed by atoms with Crippen molar-refractivity contribution in [2.75, 3.05) is 0 Å². The van der Waals surface area contributed by atoms with Gasteiger partial charge in [-0.2, -0.15) is 0 Å². The van der Waals surface area contributed by atoms with Crippen LogP contribution in [0.4, 0.5) is 0 Å². The van der Waals surface area contributed by atoms with E-state index in [0.717, 1.165) is 11.0 Å². The molecule has 0 aromatic heterocycles. The van der Waals surface area contributed by atoms with Crippen molar-refractivity contribution in [3.05, 3.63) is 113 Å². The fourth-order valence-corrected chi connectivity index (χ4v) is 4.26. The molecule has 3 aromatic rings. The molecular weight excluding hydrogens is 372 g/mol. The molecule has 0 aliphatic rings. The maximum atomic E-state index is 12.8. The second kappa shape index (κ2) is 8.97. The first-order valence-electron chi connectivity index (χ1n) is 8.95. The van der Waals surface area contributed by atoms with Gasteiger partial charge in [0.2, 0.25) is 0 Å². The van der Waals surface area contributed by atoms with Gasteiger partial charge in [-0.05, 0) is 23.6 Å². The lowest BCUT2D eigenvalue weighted by molar-refractivity contribution is 0.181. The summed E-state index contributed by atoms with van der Waals surface area (Å²) in [4.78, 5) is 0.0526. The standard InChI is InChI=1S/C23H22O4S/c24-21(18-10-3-1-4-11-18)15-9-17-28(26,27)22-16-8-7-14-20(22)23(25)19-12-5-2-6-13-19/h1-14,16-17,21,23-25H,15H2/b17-9+. The molecule has 2 N–H and O–H groups in total. The quantitative estimate of drug-likeness (QED) is 0.630. The summed E-state index contributed by atoms with van der Waals surface area (Å²) in [5.74, 6) is 0. The second-order valence-electron chi connectivity index (χ2n) is 6.43. The van der Waals surface area contributed by atoms with E-state index in [4.69, 9.17) is 0 Å². The van der Waals surface area contributed by atoms with Gasteiger partial charge in [-0.25, -0.2) is 8.42 Å². The largest absolute Gasteiger partial charge is 0.388 e. The molecule has 0 bridgehead atoms. The van der Waals surface area contributed by atoms with Crippen LogP contribution in [0.1, 0.15) is 35.3 Å². The maximum absolute atomic E-state index is 12.8. The summed E-state index contributed by atoms with van der Waals surface area (Å²) >= 11 is 0. The van der Waals surface area contributed by atoms with E-state index in [1.807, 2.05) is 24.3 Å². The van der Waals surface area contributed by atoms with E-state index in [1.165, 1.54) is 12.1 Å². The number of hydrogen-bond donors (Lipinski definition) is 2. The van der Waals surface area contributed by atoms with E-state index in [0.29, 0.717) is 11.1 Å². The van der Waals surface area contributed by atoms with E-state index in [2.05, 4.69) is 0 Å². The average Bonchev–Trinajstić information content (AvgIpc) is 2.74. The third-order valence-electron chi connectivity index (χ3n) is 4.45. The number of hydrogen-bond acceptors (Lipinski definition) is 4. The molecular formula is C23H22O4S. The molecule has 0 amide bonds. The zero-order valence-electron chi connectivity index (χ0n) is 15.2. The smallest absolute Gasteiger partial charge is 0.199 e. The van der Waals surface area contributed by atoms with Gasteiger partial charge in [0.05, 0.1) is 11.0 Å². The minimum absolute atomic E-state index is 0.0526. The van der Waals surface area contributed by atoms with Crippen molar-refractivity contribution in [1.82, 2.24) is 0 Å². The molecule has 5 heteroatoms. The molecule has 0 aliphatic heterocycles. The van der Waals surface area contributed by atoms with Crippen LogP contribution in [0.3, 0.4) is 0 Å². The molecule has 0 spiro atoms. The van der Waals surface area contributed by atoms with Crippen LogP contribution in [0.2, 0.25) is 0 Å². The van der Waals surface area contributed by atoms with Crippen LogP contribution in [0.15, 0.2) is 101 Å². The zero-order chi connectivity index (χ0) is 20.0. The van der Waals surface area contributed by atoms with Crippen molar-refractivity contribution in [2.24, 2.45) is 0 Å². The van der Waals surface area contributed by atoms with Crippen LogP contribution < -0.4 is 0 Å². The molecule has 3 rings (SSSR count). The normalized spacial score (nSPS) is 14.1. The Bertz CT molecular complexity index is 1030. The number of rotatable bonds is 7. The molecule has 0 saturated carbocycles. The van der Waals surface area contributed by atoms with E-state index in [9.17, 15) is 18.6 Å². The summed E-state index contributed by atoms with van der Waals surface area (Å²) in [6.45, 7) is 0. The van der Waals surface area contributed by atoms with Gasteiger partial charge >= 0.3 is 0 Å². The summed E-state index contributed by atoms with van der Waals surface area (Å²) in [6, 6.07) is 24.4. The van der Waals surface area contributed by atoms with E-state index < -0.39 is 22.0 Å². The SMILES string of the molecule is O=S(=O)(/C=C/CC(O)c1ccccc1)c1ccccc1C(O)c1ccccc1. The Kier molecular flexibility index (Phi) is 6.41. The Morgan fingerprint density at radius 2 is 1.29 bits per heavy atom. The summed E-state index contributed by atoms with van der Waals surface area (Å²) in [5.41, 5.74) is 1.67. The first kappa shape index (κ1) is 20.0. The maximum Gasteiger partial charge on any atom is 0.199 e. The summed E-state index contributed by atoms with van der Waals surface area (Å²) in [7, 11) is -3.77. The molecule has 28 heavy (non-hydrogen) atoms. The highest BCUT2D eigenvalue weighted by Gasteiger charge is 2.21. The zero-order valence-corrected chi connectivity index (χ0v) is 16.0. The predicted molar refractivity (Wildman–Crippen MR) is 109 cm³/mol. The monoisotopic (exact) mass is 394 g/mol. The van der Waals surface area contributed by atoms with E-state index in [1.54, 1.807) is 54.6 Å². The van der Waals surface area contributed by atoms with Crippen LogP contribution in [0.25, 0.3) is 0 Å². The number of sulfone groups is 1. The van der Waals surface area contributed by atoms with Crippen molar-refractivity contribution in [1.29, 1.82) is 0 Å². The van der Waals surface area contributed by atoms with Crippen LogP contribution in [0, 0.1) is 0 Å². The first-order valence-corrected chi connectivity index (χ1v) is 10.5. The van der Waals surface area contributed by atoms with Crippen molar-refractivity contribution in [3.8, 4) is 0 Å². The highest BCUT2D eigenvalue weighted by Crippen LogP contribution is 2.29. The van der Waals surface area contributed by atoms with E-state index >= 15 is 0 Å². The Morgan fingerprint density at radius 3 is 1.93 bits per heavy atom. The van der Waals surface area contributed by atoms with Gasteiger partial charge < -0.3 is 10.2 Å². The summed E-state index contributed by atoms with van der Waals surface area (Å²) in [5, 5.41) is 22.0. The molecule has 4 nitrogen and oxygen atoms in total. The lowest BCUT2D eigenvalue weighted by Crippen LogP contribution is -2.07. The molecule has 0 fully saturated rings. The molecule has 0 saturated heterocycles. The number of aliphatic hydroxyl groups is 2. The van der Waals surface area contributed by atoms with Gasteiger partial charge in [0.1, 0.15) is 6.10 Å². The molecule has 2 atom stereocenters. The van der Waals surface area contributed by atoms with Gasteiger partial charge in [-0.15, -0.1) is 0 Å². The van der Waals surface area contributed by atoms with Gasteiger partial charge in [0, 0.05) is 11.0 Å². The molecule has 3 aromatic carbocycles. The number of aliphatic hydroxyl groups excluding tert-OH is 2. The van der Waals surface area contributed by atoms with Gasteiger partial charge in [0.25, 0.3) is 0 Å². The minimum atomic E-state index is -3.77. The lowest BCUT2D eigenvalue weighted by Gasteiger charge is -2.15. The van der Waals surface area contributed by atoms with Gasteiger partial charge in [-0.3, -0.25) is 0 Å². The van der Waals surface area contributed by atoms with Gasteiger partial charge in [0.15, 0.2) is 9.84 Å². The fourth-order valence-electron chi connectivity index (χ4n) is 2.98. The van der Waals surface area contributed by atoms with Crippen LogP contribution in [-0.4, -0.2) is 18.6 Å². The van der Waals surface area contributed by atoms with Crippen molar-refractivity contribution in [2.45, 2.75) is 23.5 Å². The molecule has 0 aliphatic carbocycles. The van der Waals surface area contributed by atoms with Crippen LogP contribution in [0.5, 0.6) is 0 Å². The summed E-state index contributed by atoms with van der Waals surface area (Å²) < 4.78 is 25.7.